The standard InChI is InChI=1S/C12H18F3N3/c1-4-9(8(3)16-5-2)11-17-7-6-10(18-11)12(13,14)15/h6-9,16H,4-5H2,1-3H3. The van der Waals surface area contributed by atoms with E-state index in [1.807, 2.05) is 20.8 Å². The van der Waals surface area contributed by atoms with Crippen LogP contribution in [0.4, 0.5) is 13.2 Å². The Morgan fingerprint density at radius 1 is 1.33 bits per heavy atom. The molecule has 6 heteroatoms. The summed E-state index contributed by atoms with van der Waals surface area (Å²) < 4.78 is 37.7. The molecule has 1 heterocycles. The molecule has 0 aromatic carbocycles. The van der Waals surface area contributed by atoms with Crippen molar-refractivity contribution in [2.75, 3.05) is 6.54 Å². The lowest BCUT2D eigenvalue weighted by atomic mass is 9.97. The van der Waals surface area contributed by atoms with Gasteiger partial charge in [0.05, 0.1) is 0 Å². The van der Waals surface area contributed by atoms with Gasteiger partial charge in [0.2, 0.25) is 0 Å². The average Bonchev–Trinajstić information content (AvgIpc) is 2.29. The summed E-state index contributed by atoms with van der Waals surface area (Å²) in [5, 5.41) is 3.19. The Balaban J connectivity index is 3.00. The number of halogens is 3. The van der Waals surface area contributed by atoms with Crippen LogP contribution in [0.5, 0.6) is 0 Å². The van der Waals surface area contributed by atoms with Crippen molar-refractivity contribution in [2.45, 2.75) is 45.3 Å². The second-order valence-electron chi connectivity index (χ2n) is 4.16. The van der Waals surface area contributed by atoms with Gasteiger partial charge in [-0.05, 0) is 26.0 Å². The fraction of sp³-hybridized carbons (Fsp3) is 0.667. The van der Waals surface area contributed by atoms with Crippen LogP contribution in [-0.4, -0.2) is 22.6 Å². The SMILES string of the molecule is CCNC(C)C(CC)c1nccc(C(F)(F)F)n1. The van der Waals surface area contributed by atoms with E-state index >= 15 is 0 Å². The summed E-state index contributed by atoms with van der Waals surface area (Å²) in [6.45, 7) is 6.57. The molecule has 0 amide bonds. The van der Waals surface area contributed by atoms with Gasteiger partial charge in [-0.25, -0.2) is 9.97 Å². The monoisotopic (exact) mass is 261 g/mol. The Kier molecular flexibility index (Phi) is 5.07. The Bertz CT molecular complexity index is 379. The minimum atomic E-state index is -4.42. The van der Waals surface area contributed by atoms with Crippen LogP contribution in [0.1, 0.15) is 44.6 Å². The smallest absolute Gasteiger partial charge is 0.314 e. The summed E-state index contributed by atoms with van der Waals surface area (Å²) in [6.07, 6.45) is -2.56. The van der Waals surface area contributed by atoms with Crippen molar-refractivity contribution in [1.82, 2.24) is 15.3 Å². The predicted molar refractivity (Wildman–Crippen MR) is 63.2 cm³/mol. The molecule has 3 nitrogen and oxygen atoms in total. The highest BCUT2D eigenvalue weighted by Gasteiger charge is 2.33. The molecular weight excluding hydrogens is 243 g/mol. The van der Waals surface area contributed by atoms with Gasteiger partial charge < -0.3 is 5.32 Å². The highest BCUT2D eigenvalue weighted by atomic mass is 19.4. The van der Waals surface area contributed by atoms with E-state index in [9.17, 15) is 13.2 Å². The highest BCUT2D eigenvalue weighted by molar-refractivity contribution is 5.10. The third kappa shape index (κ3) is 3.66. The summed E-state index contributed by atoms with van der Waals surface area (Å²) in [5.74, 6) is 0.132. The van der Waals surface area contributed by atoms with E-state index in [-0.39, 0.29) is 17.8 Å². The Hall–Kier alpha value is -1.17. The van der Waals surface area contributed by atoms with Gasteiger partial charge >= 0.3 is 6.18 Å². The minimum Gasteiger partial charge on any atom is -0.314 e. The molecule has 0 spiro atoms. The van der Waals surface area contributed by atoms with Crippen molar-refractivity contribution >= 4 is 0 Å². The van der Waals surface area contributed by atoms with E-state index in [0.717, 1.165) is 12.6 Å². The summed E-state index contributed by atoms with van der Waals surface area (Å²) in [5.41, 5.74) is -0.880. The molecule has 0 aliphatic carbocycles. The summed E-state index contributed by atoms with van der Waals surface area (Å²) >= 11 is 0. The van der Waals surface area contributed by atoms with Gasteiger partial charge in [-0.1, -0.05) is 13.8 Å². The lowest BCUT2D eigenvalue weighted by molar-refractivity contribution is -0.141. The number of rotatable bonds is 5. The molecule has 1 rings (SSSR count). The largest absolute Gasteiger partial charge is 0.433 e. The highest BCUT2D eigenvalue weighted by Crippen LogP contribution is 2.29. The molecule has 0 saturated heterocycles. The number of alkyl halides is 3. The van der Waals surface area contributed by atoms with Crippen LogP contribution in [0.2, 0.25) is 0 Å². The van der Waals surface area contributed by atoms with Gasteiger partial charge in [-0.2, -0.15) is 13.2 Å². The zero-order valence-corrected chi connectivity index (χ0v) is 10.8. The number of nitrogens with one attached hydrogen (secondary N) is 1. The van der Waals surface area contributed by atoms with Crippen LogP contribution in [0.25, 0.3) is 0 Å². The lowest BCUT2D eigenvalue weighted by Crippen LogP contribution is -2.33. The van der Waals surface area contributed by atoms with Crippen LogP contribution < -0.4 is 5.32 Å². The Morgan fingerprint density at radius 3 is 2.50 bits per heavy atom. The normalized spacial score (nSPS) is 15.4. The number of hydrogen-bond acceptors (Lipinski definition) is 3. The Labute approximate surface area is 105 Å². The van der Waals surface area contributed by atoms with Crippen molar-refractivity contribution in [3.8, 4) is 0 Å². The van der Waals surface area contributed by atoms with E-state index in [4.69, 9.17) is 0 Å². The summed E-state index contributed by atoms with van der Waals surface area (Å²) in [4.78, 5) is 7.62. The zero-order chi connectivity index (χ0) is 13.8. The van der Waals surface area contributed by atoms with Crippen molar-refractivity contribution < 1.29 is 13.2 Å². The first-order chi connectivity index (χ1) is 8.40. The molecule has 0 saturated carbocycles. The lowest BCUT2D eigenvalue weighted by Gasteiger charge is -2.22. The molecule has 2 atom stereocenters. The van der Waals surface area contributed by atoms with Gasteiger partial charge in [0.1, 0.15) is 11.5 Å². The first-order valence-corrected chi connectivity index (χ1v) is 6.03. The second-order valence-corrected chi connectivity index (χ2v) is 4.16. The van der Waals surface area contributed by atoms with Crippen LogP contribution in [0, 0.1) is 0 Å². The first kappa shape index (κ1) is 14.9. The fourth-order valence-electron chi connectivity index (χ4n) is 1.93. The predicted octanol–water partition coefficient (Wildman–Crippen LogP) is 2.99. The first-order valence-electron chi connectivity index (χ1n) is 6.03. The van der Waals surface area contributed by atoms with Crippen LogP contribution in [0.15, 0.2) is 12.3 Å². The number of hydrogen-bond donors (Lipinski definition) is 1. The molecule has 0 aliphatic heterocycles. The molecule has 2 unspecified atom stereocenters. The number of aromatic nitrogens is 2. The van der Waals surface area contributed by atoms with Crippen LogP contribution in [0.3, 0.4) is 0 Å². The minimum absolute atomic E-state index is 0.0449. The molecule has 0 bridgehead atoms. The summed E-state index contributed by atoms with van der Waals surface area (Å²) in [6, 6.07) is 0.942. The van der Waals surface area contributed by atoms with Gasteiger partial charge in [-0.15, -0.1) is 0 Å². The van der Waals surface area contributed by atoms with E-state index in [2.05, 4.69) is 15.3 Å². The average molecular weight is 261 g/mol. The molecule has 102 valence electrons. The fourth-order valence-corrected chi connectivity index (χ4v) is 1.93. The molecule has 18 heavy (non-hydrogen) atoms. The van der Waals surface area contributed by atoms with E-state index in [0.29, 0.717) is 6.42 Å². The zero-order valence-electron chi connectivity index (χ0n) is 10.8. The third-order valence-electron chi connectivity index (χ3n) is 2.87. The van der Waals surface area contributed by atoms with E-state index in [1.165, 1.54) is 6.20 Å². The van der Waals surface area contributed by atoms with Gasteiger partial charge in [-0.3, -0.25) is 0 Å². The Morgan fingerprint density at radius 2 is 2.00 bits per heavy atom. The van der Waals surface area contributed by atoms with Crippen molar-refractivity contribution in [3.63, 3.8) is 0 Å². The van der Waals surface area contributed by atoms with Crippen LogP contribution >= 0.6 is 0 Å². The topological polar surface area (TPSA) is 37.8 Å². The maximum atomic E-state index is 12.6. The number of nitrogens with zero attached hydrogens (tertiary/aromatic N) is 2. The third-order valence-corrected chi connectivity index (χ3v) is 2.87. The molecule has 0 fully saturated rings. The van der Waals surface area contributed by atoms with Crippen LogP contribution in [-0.2, 0) is 6.18 Å². The molecule has 0 radical (unpaired) electrons. The summed E-state index contributed by atoms with van der Waals surface area (Å²) in [7, 11) is 0. The quantitative estimate of drug-likeness (QED) is 0.885. The molecule has 0 aliphatic rings. The molecular formula is C12H18F3N3. The van der Waals surface area contributed by atoms with E-state index in [1.54, 1.807) is 0 Å². The molecule has 1 N–H and O–H groups in total. The molecule has 1 aromatic heterocycles. The van der Waals surface area contributed by atoms with E-state index < -0.39 is 11.9 Å². The maximum Gasteiger partial charge on any atom is 0.433 e. The number of likely N-dealkylation sites (N-methyl/N-ethyl adjacent to an activating group) is 1. The second kappa shape index (κ2) is 6.13. The maximum absolute atomic E-state index is 12.6. The van der Waals surface area contributed by atoms with Crippen molar-refractivity contribution in [3.05, 3.63) is 23.8 Å². The van der Waals surface area contributed by atoms with Gasteiger partial charge in [0, 0.05) is 18.2 Å². The van der Waals surface area contributed by atoms with Crippen molar-refractivity contribution in [2.24, 2.45) is 0 Å². The van der Waals surface area contributed by atoms with Gasteiger partial charge in [0.25, 0.3) is 0 Å². The van der Waals surface area contributed by atoms with Crippen molar-refractivity contribution in [1.29, 1.82) is 0 Å². The van der Waals surface area contributed by atoms with Gasteiger partial charge in [0.15, 0.2) is 0 Å². The molecule has 1 aromatic rings.